The highest BCUT2D eigenvalue weighted by molar-refractivity contribution is 7.10. The Hall–Kier alpha value is -2.37. The molecular weight excluding hydrogens is 334 g/mol. The predicted molar refractivity (Wildman–Crippen MR) is 99.5 cm³/mol. The van der Waals surface area contributed by atoms with Crippen LogP contribution in [0, 0.1) is 6.92 Å². The number of aryl methyl sites for hydroxylation is 1. The number of aliphatic hydroxyl groups is 1. The average molecular weight is 355 g/mol. The van der Waals surface area contributed by atoms with Crippen LogP contribution in [0.15, 0.2) is 54.2 Å². The Morgan fingerprint density at radius 2 is 1.88 bits per heavy atom. The molecular formula is C20H21NO3S. The molecule has 3 rings (SSSR count). The number of thiophene rings is 1. The predicted octanol–water partition coefficient (Wildman–Crippen LogP) is 3.95. The van der Waals surface area contributed by atoms with Crippen molar-refractivity contribution in [3.05, 3.63) is 75.7 Å². The minimum atomic E-state index is -1.22. The fourth-order valence-corrected chi connectivity index (χ4v) is 3.87. The van der Waals surface area contributed by atoms with Crippen LogP contribution in [0.3, 0.4) is 0 Å². The number of nitrogens with zero attached hydrogens (tertiary/aromatic N) is 1. The number of pyridine rings is 1. The number of aromatic nitrogens is 1. The zero-order valence-electron chi connectivity index (χ0n) is 14.5. The van der Waals surface area contributed by atoms with Gasteiger partial charge in [-0.05, 0) is 53.8 Å². The molecule has 1 unspecified atom stereocenters. The standard InChI is InChI=1S/C20H21NO3S/c1-14-11-16(19(24-3)17(12-14)23-2)20(22,18-5-4-10-25-18)13-15-6-8-21-9-7-15/h4-12,22H,13H2,1-3H3. The van der Waals surface area contributed by atoms with E-state index in [0.717, 1.165) is 16.0 Å². The van der Waals surface area contributed by atoms with E-state index in [4.69, 9.17) is 9.47 Å². The lowest BCUT2D eigenvalue weighted by Crippen LogP contribution is -2.30. The van der Waals surface area contributed by atoms with Crippen molar-refractivity contribution in [3.63, 3.8) is 0 Å². The number of methoxy groups -OCH3 is 2. The monoisotopic (exact) mass is 355 g/mol. The second-order valence-electron chi connectivity index (χ2n) is 5.92. The summed E-state index contributed by atoms with van der Waals surface area (Å²) in [6.45, 7) is 1.98. The lowest BCUT2D eigenvalue weighted by molar-refractivity contribution is 0.0814. The molecule has 130 valence electrons. The number of hydrogen-bond donors (Lipinski definition) is 1. The van der Waals surface area contributed by atoms with Gasteiger partial charge in [0.1, 0.15) is 5.60 Å². The van der Waals surface area contributed by atoms with Crippen LogP contribution < -0.4 is 9.47 Å². The molecule has 0 spiro atoms. The van der Waals surface area contributed by atoms with Gasteiger partial charge >= 0.3 is 0 Å². The van der Waals surface area contributed by atoms with Crippen molar-refractivity contribution in [2.45, 2.75) is 18.9 Å². The molecule has 4 nitrogen and oxygen atoms in total. The topological polar surface area (TPSA) is 51.6 Å². The van der Waals surface area contributed by atoms with E-state index >= 15 is 0 Å². The van der Waals surface area contributed by atoms with Gasteiger partial charge in [-0.2, -0.15) is 0 Å². The summed E-state index contributed by atoms with van der Waals surface area (Å²) in [4.78, 5) is 4.92. The van der Waals surface area contributed by atoms with Crippen LogP contribution in [0.25, 0.3) is 0 Å². The van der Waals surface area contributed by atoms with Crippen LogP contribution in [-0.4, -0.2) is 24.3 Å². The molecule has 5 heteroatoms. The third kappa shape index (κ3) is 3.38. The molecule has 0 amide bonds. The van der Waals surface area contributed by atoms with E-state index in [1.54, 1.807) is 26.6 Å². The Morgan fingerprint density at radius 3 is 2.48 bits per heavy atom. The Kier molecular flexibility index (Phi) is 5.06. The largest absolute Gasteiger partial charge is 0.493 e. The molecule has 0 saturated heterocycles. The molecule has 1 N–H and O–H groups in total. The molecule has 0 radical (unpaired) electrons. The summed E-state index contributed by atoms with van der Waals surface area (Å²) < 4.78 is 11.1. The second-order valence-corrected chi connectivity index (χ2v) is 6.87. The minimum absolute atomic E-state index is 0.416. The second kappa shape index (κ2) is 7.25. The summed E-state index contributed by atoms with van der Waals surface area (Å²) in [6, 6.07) is 11.6. The van der Waals surface area contributed by atoms with Gasteiger partial charge in [-0.1, -0.05) is 6.07 Å². The number of benzene rings is 1. The molecule has 3 aromatic rings. The van der Waals surface area contributed by atoms with Crippen molar-refractivity contribution in [2.75, 3.05) is 14.2 Å². The summed E-state index contributed by atoms with van der Waals surface area (Å²) in [5, 5.41) is 13.8. The molecule has 0 aliphatic rings. The molecule has 2 aromatic heterocycles. The summed E-state index contributed by atoms with van der Waals surface area (Å²) >= 11 is 1.52. The Labute approximate surface area is 151 Å². The lowest BCUT2D eigenvalue weighted by Gasteiger charge is -2.30. The zero-order valence-corrected chi connectivity index (χ0v) is 15.3. The van der Waals surface area contributed by atoms with Crippen LogP contribution in [-0.2, 0) is 12.0 Å². The van der Waals surface area contributed by atoms with Gasteiger partial charge in [0.15, 0.2) is 11.5 Å². The van der Waals surface area contributed by atoms with Crippen molar-refractivity contribution in [1.82, 2.24) is 4.98 Å². The van der Waals surface area contributed by atoms with Gasteiger partial charge in [-0.3, -0.25) is 4.98 Å². The molecule has 2 heterocycles. The van der Waals surface area contributed by atoms with E-state index < -0.39 is 5.60 Å². The van der Waals surface area contributed by atoms with Crippen molar-refractivity contribution < 1.29 is 14.6 Å². The van der Waals surface area contributed by atoms with Crippen molar-refractivity contribution >= 4 is 11.3 Å². The summed E-state index contributed by atoms with van der Waals surface area (Å²) in [6.07, 6.45) is 3.88. The molecule has 0 aliphatic carbocycles. The summed E-state index contributed by atoms with van der Waals surface area (Å²) in [5.41, 5.74) is 1.47. The van der Waals surface area contributed by atoms with E-state index in [-0.39, 0.29) is 0 Å². The SMILES string of the molecule is COc1cc(C)cc(C(O)(Cc2ccncc2)c2cccs2)c1OC. The molecule has 1 aromatic carbocycles. The third-order valence-electron chi connectivity index (χ3n) is 4.21. The summed E-state index contributed by atoms with van der Waals surface area (Å²) in [5.74, 6) is 1.17. The van der Waals surface area contributed by atoms with Gasteiger partial charge < -0.3 is 14.6 Å². The van der Waals surface area contributed by atoms with Gasteiger partial charge in [-0.25, -0.2) is 0 Å². The quantitative estimate of drug-likeness (QED) is 0.727. The third-order valence-corrected chi connectivity index (χ3v) is 5.23. The molecule has 25 heavy (non-hydrogen) atoms. The smallest absolute Gasteiger partial charge is 0.167 e. The van der Waals surface area contributed by atoms with E-state index in [2.05, 4.69) is 4.98 Å². The van der Waals surface area contributed by atoms with Crippen LogP contribution in [0.2, 0.25) is 0 Å². The molecule has 0 fully saturated rings. The van der Waals surface area contributed by atoms with Crippen LogP contribution >= 0.6 is 11.3 Å². The van der Waals surface area contributed by atoms with Crippen LogP contribution in [0.5, 0.6) is 11.5 Å². The number of rotatable bonds is 6. The number of ether oxygens (including phenoxy) is 2. The molecule has 0 aliphatic heterocycles. The van der Waals surface area contributed by atoms with Gasteiger partial charge in [0.05, 0.1) is 14.2 Å². The van der Waals surface area contributed by atoms with E-state index in [0.29, 0.717) is 23.5 Å². The fraction of sp³-hybridized carbons (Fsp3) is 0.250. The average Bonchev–Trinajstić information content (AvgIpc) is 3.17. The highest BCUT2D eigenvalue weighted by Gasteiger charge is 2.37. The Bertz CT molecular complexity index is 834. The zero-order chi connectivity index (χ0) is 17.9. The highest BCUT2D eigenvalue weighted by Crippen LogP contribution is 2.44. The molecule has 0 saturated carbocycles. The molecule has 0 bridgehead atoms. The van der Waals surface area contributed by atoms with E-state index in [1.807, 2.05) is 48.7 Å². The molecule has 1 atom stereocenters. The van der Waals surface area contributed by atoms with Crippen molar-refractivity contribution in [3.8, 4) is 11.5 Å². The van der Waals surface area contributed by atoms with Gasteiger partial charge in [0.25, 0.3) is 0 Å². The van der Waals surface area contributed by atoms with Gasteiger partial charge in [0, 0.05) is 29.3 Å². The first-order valence-corrected chi connectivity index (χ1v) is 8.85. The Balaban J connectivity index is 2.21. The Morgan fingerprint density at radius 1 is 1.12 bits per heavy atom. The van der Waals surface area contributed by atoms with Crippen LogP contribution in [0.1, 0.15) is 21.6 Å². The maximum absolute atomic E-state index is 11.8. The normalized spacial score (nSPS) is 13.3. The first-order chi connectivity index (χ1) is 12.1. The van der Waals surface area contributed by atoms with E-state index in [9.17, 15) is 5.11 Å². The summed E-state index contributed by atoms with van der Waals surface area (Å²) in [7, 11) is 3.20. The first kappa shape index (κ1) is 17.5. The fourth-order valence-electron chi connectivity index (χ4n) is 3.03. The highest BCUT2D eigenvalue weighted by atomic mass is 32.1. The van der Waals surface area contributed by atoms with Crippen LogP contribution in [0.4, 0.5) is 0 Å². The van der Waals surface area contributed by atoms with E-state index in [1.165, 1.54) is 11.3 Å². The number of hydrogen-bond acceptors (Lipinski definition) is 5. The van der Waals surface area contributed by atoms with Gasteiger partial charge in [0.2, 0.25) is 0 Å². The van der Waals surface area contributed by atoms with Crippen molar-refractivity contribution in [1.29, 1.82) is 0 Å². The maximum Gasteiger partial charge on any atom is 0.167 e. The van der Waals surface area contributed by atoms with Crippen molar-refractivity contribution in [2.24, 2.45) is 0 Å². The first-order valence-electron chi connectivity index (χ1n) is 7.97. The lowest BCUT2D eigenvalue weighted by atomic mass is 9.84. The minimum Gasteiger partial charge on any atom is -0.493 e. The maximum atomic E-state index is 11.8. The van der Waals surface area contributed by atoms with Gasteiger partial charge in [-0.15, -0.1) is 11.3 Å².